The van der Waals surface area contributed by atoms with Crippen LogP contribution in [-0.2, 0) is 37.9 Å². The number of carbonyl (C=O) groups excluding carboxylic acids is 2. The highest BCUT2D eigenvalue weighted by Crippen LogP contribution is 2.46. The van der Waals surface area contributed by atoms with Gasteiger partial charge in [-0.25, -0.2) is 17.7 Å². The zero-order valence-corrected chi connectivity index (χ0v) is 25.0. The van der Waals surface area contributed by atoms with Gasteiger partial charge in [0.1, 0.15) is 29.2 Å². The van der Waals surface area contributed by atoms with E-state index in [-0.39, 0.29) is 62.6 Å². The number of rotatable bonds is 14. The van der Waals surface area contributed by atoms with Crippen molar-refractivity contribution >= 4 is 32.7 Å². The van der Waals surface area contributed by atoms with Crippen molar-refractivity contribution < 1.29 is 32.2 Å². The van der Waals surface area contributed by atoms with Crippen molar-refractivity contribution in [3.63, 3.8) is 0 Å². The van der Waals surface area contributed by atoms with Gasteiger partial charge in [0.15, 0.2) is 0 Å². The van der Waals surface area contributed by atoms with E-state index in [0.29, 0.717) is 10.9 Å². The molecule has 3 aromatic rings. The molecule has 1 aliphatic carbocycles. The number of nitrogens with zero attached hydrogens (tertiary/aromatic N) is 4. The minimum Gasteiger partial charge on any atom is -0.474 e. The Labute approximate surface area is 249 Å². The summed E-state index contributed by atoms with van der Waals surface area (Å²) in [4.78, 5) is 42.9. The van der Waals surface area contributed by atoms with Crippen molar-refractivity contribution in [2.24, 2.45) is 7.05 Å². The Kier molecular flexibility index (Phi) is 9.80. The van der Waals surface area contributed by atoms with Gasteiger partial charge in [0.05, 0.1) is 24.8 Å². The Bertz CT molecular complexity index is 1710. The third-order valence-electron chi connectivity index (χ3n) is 7.21. The lowest BCUT2D eigenvalue weighted by atomic mass is 10.1. The van der Waals surface area contributed by atoms with Gasteiger partial charge in [-0.1, -0.05) is 19.1 Å². The normalized spacial score (nSPS) is 13.7. The van der Waals surface area contributed by atoms with E-state index < -0.39 is 38.9 Å². The highest BCUT2D eigenvalue weighted by atomic mass is 32.2. The van der Waals surface area contributed by atoms with Gasteiger partial charge in [0.2, 0.25) is 21.8 Å². The van der Waals surface area contributed by atoms with E-state index in [1.165, 1.54) is 31.0 Å². The third kappa shape index (κ3) is 6.69. The first-order valence-corrected chi connectivity index (χ1v) is 15.0. The second-order valence-corrected chi connectivity index (χ2v) is 12.3. The summed E-state index contributed by atoms with van der Waals surface area (Å²) in [5.41, 5.74) is 0.853. The Balaban J connectivity index is 1.53. The molecule has 1 fully saturated rings. The van der Waals surface area contributed by atoms with Crippen molar-refractivity contribution in [3.05, 3.63) is 69.6 Å². The van der Waals surface area contributed by atoms with Crippen molar-refractivity contribution in [2.75, 3.05) is 33.7 Å². The van der Waals surface area contributed by atoms with Crippen LogP contribution in [0.25, 0.3) is 10.9 Å². The van der Waals surface area contributed by atoms with Gasteiger partial charge in [-0.2, -0.15) is 5.26 Å². The molecule has 228 valence electrons. The van der Waals surface area contributed by atoms with E-state index in [1.54, 1.807) is 37.3 Å². The van der Waals surface area contributed by atoms with Gasteiger partial charge in [-0.3, -0.25) is 14.4 Å². The maximum atomic E-state index is 13.6. The van der Waals surface area contributed by atoms with Crippen molar-refractivity contribution in [1.29, 1.82) is 5.26 Å². The molecule has 0 radical (unpaired) electrons. The van der Waals surface area contributed by atoms with Gasteiger partial charge in [-0.15, -0.1) is 0 Å². The number of sulfonamides is 1. The molecular formula is C29H33N5O8S. The van der Waals surface area contributed by atoms with Crippen LogP contribution in [0.5, 0.6) is 5.88 Å². The first kappa shape index (κ1) is 31.6. The number of pyridine rings is 2. The second kappa shape index (κ2) is 13.3. The number of hydrogen-bond donors (Lipinski definition) is 1. The standard InChI is InChI=1S/C29H33N5O8S/c1-4-24(35)34(19-41-14-13-40-3)43(38,39)29(10-11-29)18-42-27-25-22(9-12-31-27)15-23(28(37)33(25)2)26(36)32-17-21-7-5-20(16-30)6-8-21/h5-9,12,15H,4,10-11,13-14,17-19H2,1-3H3,(H,32,36). The summed E-state index contributed by atoms with van der Waals surface area (Å²) in [6.07, 6.45) is 1.95. The van der Waals surface area contributed by atoms with Gasteiger partial charge in [0, 0.05) is 38.7 Å². The number of aromatic nitrogens is 2. The lowest BCUT2D eigenvalue weighted by molar-refractivity contribution is -0.130. The number of hydrogen-bond acceptors (Lipinski definition) is 10. The van der Waals surface area contributed by atoms with Crippen LogP contribution in [0.15, 0.2) is 47.4 Å². The summed E-state index contributed by atoms with van der Waals surface area (Å²) in [7, 11) is -1.20. The number of fused-ring (bicyclic) bond motifs is 1. The molecule has 1 aromatic carbocycles. The number of nitrogens with one attached hydrogen (secondary N) is 1. The monoisotopic (exact) mass is 611 g/mol. The van der Waals surface area contributed by atoms with Crippen LogP contribution in [-0.4, -0.2) is 72.5 Å². The Morgan fingerprint density at radius 1 is 1.19 bits per heavy atom. The quantitative estimate of drug-likeness (QED) is 0.210. The number of carbonyl (C=O) groups is 2. The summed E-state index contributed by atoms with van der Waals surface area (Å²) in [5.74, 6) is -1.16. The summed E-state index contributed by atoms with van der Waals surface area (Å²) < 4.78 is 44.0. The minimum absolute atomic E-state index is 0.0211. The summed E-state index contributed by atoms with van der Waals surface area (Å²) >= 11 is 0. The van der Waals surface area contributed by atoms with Gasteiger partial charge >= 0.3 is 0 Å². The van der Waals surface area contributed by atoms with Crippen molar-refractivity contribution in [3.8, 4) is 11.9 Å². The van der Waals surface area contributed by atoms with E-state index in [1.807, 2.05) is 6.07 Å². The van der Waals surface area contributed by atoms with E-state index in [9.17, 15) is 22.8 Å². The smallest absolute Gasteiger partial charge is 0.263 e. The molecule has 2 heterocycles. The Morgan fingerprint density at radius 2 is 1.91 bits per heavy atom. The molecule has 2 aromatic heterocycles. The van der Waals surface area contributed by atoms with Crippen LogP contribution in [0.3, 0.4) is 0 Å². The molecule has 4 rings (SSSR count). The van der Waals surface area contributed by atoms with Crippen molar-refractivity contribution in [1.82, 2.24) is 19.2 Å². The Morgan fingerprint density at radius 3 is 2.53 bits per heavy atom. The molecule has 0 saturated heterocycles. The second-order valence-electron chi connectivity index (χ2n) is 10.1. The number of methoxy groups -OCH3 is 1. The fourth-order valence-electron chi connectivity index (χ4n) is 4.44. The number of nitriles is 1. The molecule has 43 heavy (non-hydrogen) atoms. The van der Waals surface area contributed by atoms with Crippen LogP contribution < -0.4 is 15.6 Å². The minimum atomic E-state index is -4.15. The predicted octanol–water partition coefficient (Wildman–Crippen LogP) is 1.84. The average molecular weight is 612 g/mol. The number of benzene rings is 1. The molecular weight excluding hydrogens is 578 g/mol. The molecule has 0 aliphatic heterocycles. The molecule has 0 atom stereocenters. The predicted molar refractivity (Wildman–Crippen MR) is 156 cm³/mol. The fraction of sp³-hybridized carbons (Fsp3) is 0.414. The van der Waals surface area contributed by atoms with Crippen LogP contribution in [0.1, 0.15) is 47.7 Å². The molecule has 13 nitrogen and oxygen atoms in total. The molecule has 1 aliphatic rings. The zero-order valence-electron chi connectivity index (χ0n) is 24.2. The highest BCUT2D eigenvalue weighted by molar-refractivity contribution is 7.91. The first-order chi connectivity index (χ1) is 20.6. The van der Waals surface area contributed by atoms with E-state index in [0.717, 1.165) is 9.87 Å². The van der Waals surface area contributed by atoms with Crippen LogP contribution in [0.2, 0.25) is 0 Å². The molecule has 1 saturated carbocycles. The molecule has 14 heteroatoms. The Hall–Kier alpha value is -4.32. The third-order valence-corrected chi connectivity index (χ3v) is 9.72. The maximum absolute atomic E-state index is 13.6. The summed E-state index contributed by atoms with van der Waals surface area (Å²) in [5, 5.41) is 12.1. The lowest BCUT2D eigenvalue weighted by Gasteiger charge is -2.27. The average Bonchev–Trinajstić information content (AvgIpc) is 3.82. The molecule has 0 spiro atoms. The number of aryl methyl sites for hydroxylation is 1. The molecule has 0 bridgehead atoms. The molecule has 1 N–H and O–H groups in total. The first-order valence-electron chi connectivity index (χ1n) is 13.6. The van der Waals surface area contributed by atoms with E-state index in [2.05, 4.69) is 10.3 Å². The molecule has 2 amide bonds. The van der Waals surface area contributed by atoms with Crippen LogP contribution in [0.4, 0.5) is 0 Å². The van der Waals surface area contributed by atoms with E-state index in [4.69, 9.17) is 19.5 Å². The SMILES string of the molecule is CCC(=O)N(COCCOC)S(=O)(=O)C1(COc2nccc3cc(C(=O)NCc4ccc(C#N)cc4)c(=O)n(C)c23)CC1. The summed E-state index contributed by atoms with van der Waals surface area (Å²) in [6, 6.07) is 11.8. The lowest BCUT2D eigenvalue weighted by Crippen LogP contribution is -2.47. The topological polar surface area (TPSA) is 170 Å². The van der Waals surface area contributed by atoms with Gasteiger partial charge < -0.3 is 24.1 Å². The van der Waals surface area contributed by atoms with Gasteiger partial charge in [0.25, 0.3) is 11.5 Å². The highest BCUT2D eigenvalue weighted by Gasteiger charge is 2.59. The number of ether oxygens (including phenoxy) is 3. The number of amides is 2. The molecule has 0 unspecified atom stereocenters. The van der Waals surface area contributed by atoms with E-state index >= 15 is 0 Å². The van der Waals surface area contributed by atoms with Crippen LogP contribution >= 0.6 is 0 Å². The summed E-state index contributed by atoms with van der Waals surface area (Å²) in [6.45, 7) is 1.35. The fourth-order valence-corrected chi connectivity index (χ4v) is 6.34. The zero-order chi connectivity index (χ0) is 31.2. The van der Waals surface area contributed by atoms with Crippen molar-refractivity contribution in [2.45, 2.75) is 37.5 Å². The largest absolute Gasteiger partial charge is 0.474 e. The maximum Gasteiger partial charge on any atom is 0.263 e. The van der Waals surface area contributed by atoms with Crippen LogP contribution in [0, 0.1) is 11.3 Å². The van der Waals surface area contributed by atoms with Gasteiger partial charge in [-0.05, 0) is 42.7 Å².